The smallest absolute Gasteiger partial charge is 0.416 e. The number of hydrogen-bond acceptors (Lipinski definition) is 6. The van der Waals surface area contributed by atoms with Crippen LogP contribution in [-0.4, -0.2) is 40.6 Å². The SMILES string of the molecule is COc1cc2c(cc1Nc1nc(Nc3cccc(C(F)(F)F)c3)c3cc[nH]c3n1)CN(C)CC2. The monoisotopic (exact) mass is 468 g/mol. The lowest BCUT2D eigenvalue weighted by atomic mass is 9.99. The fourth-order valence-corrected chi connectivity index (χ4v) is 4.12. The number of H-pyrrole nitrogens is 1. The summed E-state index contributed by atoms with van der Waals surface area (Å²) in [5.41, 5.74) is 3.24. The fraction of sp³-hybridized carbons (Fsp3) is 0.250. The van der Waals surface area contributed by atoms with Crippen molar-refractivity contribution in [1.29, 1.82) is 0 Å². The van der Waals surface area contributed by atoms with Crippen molar-refractivity contribution >= 4 is 34.2 Å². The number of aromatic nitrogens is 3. The first kappa shape index (κ1) is 22.0. The van der Waals surface area contributed by atoms with Gasteiger partial charge in [-0.05, 0) is 61.0 Å². The average Bonchev–Trinajstić information content (AvgIpc) is 3.27. The number of hydrogen-bond donors (Lipinski definition) is 3. The summed E-state index contributed by atoms with van der Waals surface area (Å²) in [6.45, 7) is 1.81. The van der Waals surface area contributed by atoms with Crippen molar-refractivity contribution in [3.8, 4) is 5.75 Å². The maximum Gasteiger partial charge on any atom is 0.416 e. The van der Waals surface area contributed by atoms with Crippen molar-refractivity contribution in [3.63, 3.8) is 0 Å². The summed E-state index contributed by atoms with van der Waals surface area (Å²) in [6, 6.07) is 10.8. The molecule has 0 bridgehead atoms. The highest BCUT2D eigenvalue weighted by Crippen LogP contribution is 2.35. The number of alkyl halides is 3. The number of aromatic amines is 1. The number of rotatable bonds is 5. The Morgan fingerprint density at radius 2 is 1.91 bits per heavy atom. The molecule has 0 atom stereocenters. The molecule has 3 heterocycles. The number of methoxy groups -OCH3 is 1. The van der Waals surface area contributed by atoms with Gasteiger partial charge in [0.15, 0.2) is 0 Å². The summed E-state index contributed by atoms with van der Waals surface area (Å²) in [7, 11) is 3.69. The first-order valence-electron chi connectivity index (χ1n) is 10.7. The minimum Gasteiger partial charge on any atom is -0.495 e. The number of fused-ring (bicyclic) bond motifs is 2. The van der Waals surface area contributed by atoms with E-state index < -0.39 is 11.7 Å². The van der Waals surface area contributed by atoms with Crippen LogP contribution in [0.2, 0.25) is 0 Å². The highest BCUT2D eigenvalue weighted by molar-refractivity contribution is 5.90. The van der Waals surface area contributed by atoms with E-state index in [9.17, 15) is 13.2 Å². The van der Waals surface area contributed by atoms with Gasteiger partial charge in [-0.25, -0.2) is 0 Å². The molecule has 0 unspecified atom stereocenters. The molecule has 0 spiro atoms. The molecule has 176 valence electrons. The minimum absolute atomic E-state index is 0.274. The van der Waals surface area contributed by atoms with Crippen molar-refractivity contribution in [3.05, 3.63) is 65.4 Å². The van der Waals surface area contributed by atoms with Crippen molar-refractivity contribution in [2.45, 2.75) is 19.1 Å². The second kappa shape index (κ2) is 8.53. The van der Waals surface area contributed by atoms with Gasteiger partial charge in [-0.15, -0.1) is 0 Å². The minimum atomic E-state index is -4.43. The first-order valence-corrected chi connectivity index (χ1v) is 10.7. The van der Waals surface area contributed by atoms with E-state index in [4.69, 9.17) is 4.74 Å². The molecule has 0 radical (unpaired) electrons. The van der Waals surface area contributed by atoms with E-state index in [1.54, 1.807) is 25.4 Å². The van der Waals surface area contributed by atoms with Crippen LogP contribution in [0.3, 0.4) is 0 Å². The third-order valence-corrected chi connectivity index (χ3v) is 5.84. The maximum atomic E-state index is 13.1. The van der Waals surface area contributed by atoms with E-state index >= 15 is 0 Å². The standard InChI is InChI=1S/C24H23F3N6O/c1-33-9-7-14-11-20(34-2)19(10-15(14)13-33)30-23-31-21-18(6-8-28-21)22(32-23)29-17-5-3-4-16(12-17)24(25,26)27/h3-6,8,10-12H,7,9,13H2,1-2H3,(H3,28,29,30,31,32). The number of nitrogens with one attached hydrogen (secondary N) is 3. The van der Waals surface area contributed by atoms with Gasteiger partial charge >= 0.3 is 6.18 Å². The van der Waals surface area contributed by atoms with E-state index in [0.29, 0.717) is 28.3 Å². The lowest BCUT2D eigenvalue weighted by Crippen LogP contribution is -2.26. The lowest BCUT2D eigenvalue weighted by Gasteiger charge is -2.26. The van der Waals surface area contributed by atoms with Gasteiger partial charge in [-0.2, -0.15) is 23.1 Å². The zero-order valence-electron chi connectivity index (χ0n) is 18.6. The van der Waals surface area contributed by atoms with Gasteiger partial charge in [-0.1, -0.05) is 6.07 Å². The van der Waals surface area contributed by atoms with Gasteiger partial charge in [0.25, 0.3) is 0 Å². The van der Waals surface area contributed by atoms with Gasteiger partial charge in [0.1, 0.15) is 17.2 Å². The lowest BCUT2D eigenvalue weighted by molar-refractivity contribution is -0.137. The van der Waals surface area contributed by atoms with E-state index in [2.05, 4.69) is 37.5 Å². The molecule has 3 N–H and O–H groups in total. The average molecular weight is 468 g/mol. The number of benzene rings is 2. The number of anilines is 4. The first-order chi connectivity index (χ1) is 16.3. The number of nitrogens with zero attached hydrogens (tertiary/aromatic N) is 3. The zero-order chi connectivity index (χ0) is 23.9. The molecule has 0 amide bonds. The van der Waals surface area contributed by atoms with E-state index in [0.717, 1.165) is 31.6 Å². The summed E-state index contributed by atoms with van der Waals surface area (Å²) >= 11 is 0. The van der Waals surface area contributed by atoms with Gasteiger partial charge in [-0.3, -0.25) is 0 Å². The normalized spacial score (nSPS) is 14.1. The molecule has 1 aliphatic rings. The van der Waals surface area contributed by atoms with Crippen LogP contribution in [0, 0.1) is 0 Å². The largest absolute Gasteiger partial charge is 0.495 e. The van der Waals surface area contributed by atoms with E-state index in [1.807, 2.05) is 12.1 Å². The fourth-order valence-electron chi connectivity index (χ4n) is 4.12. The summed E-state index contributed by atoms with van der Waals surface area (Å²) < 4.78 is 45.0. The van der Waals surface area contributed by atoms with Crippen LogP contribution in [0.4, 0.5) is 36.3 Å². The van der Waals surface area contributed by atoms with Crippen molar-refractivity contribution in [2.75, 3.05) is 31.3 Å². The quantitative estimate of drug-likeness (QED) is 0.361. The molecule has 5 rings (SSSR count). The Bertz CT molecular complexity index is 1350. The number of likely N-dealkylation sites (N-methyl/N-ethyl adjacent to an activating group) is 1. The predicted octanol–water partition coefficient (Wildman–Crippen LogP) is 5.46. The summed E-state index contributed by atoms with van der Waals surface area (Å²) in [5, 5.41) is 6.89. The maximum absolute atomic E-state index is 13.1. The van der Waals surface area contributed by atoms with E-state index in [1.165, 1.54) is 17.2 Å². The summed E-state index contributed by atoms with van der Waals surface area (Å²) in [5.74, 6) is 1.34. The Morgan fingerprint density at radius 1 is 1.06 bits per heavy atom. The molecule has 0 saturated carbocycles. The topological polar surface area (TPSA) is 78.1 Å². The van der Waals surface area contributed by atoms with Crippen LogP contribution >= 0.6 is 0 Å². The van der Waals surface area contributed by atoms with Crippen molar-refractivity contribution < 1.29 is 17.9 Å². The molecule has 0 aliphatic carbocycles. The number of ether oxygens (including phenoxy) is 1. The van der Waals surface area contributed by atoms with Crippen LogP contribution in [-0.2, 0) is 19.1 Å². The summed E-state index contributed by atoms with van der Waals surface area (Å²) in [4.78, 5) is 14.4. The Morgan fingerprint density at radius 3 is 2.71 bits per heavy atom. The Labute approximate surface area is 194 Å². The molecule has 2 aromatic heterocycles. The van der Waals surface area contributed by atoms with Crippen molar-refractivity contribution in [2.24, 2.45) is 0 Å². The second-order valence-electron chi connectivity index (χ2n) is 8.27. The second-order valence-corrected chi connectivity index (χ2v) is 8.27. The number of halogens is 3. The molecule has 34 heavy (non-hydrogen) atoms. The third-order valence-electron chi connectivity index (χ3n) is 5.84. The van der Waals surface area contributed by atoms with Gasteiger partial charge < -0.3 is 25.3 Å². The highest BCUT2D eigenvalue weighted by atomic mass is 19.4. The molecule has 2 aromatic carbocycles. The van der Waals surface area contributed by atoms with Gasteiger partial charge in [0.05, 0.1) is 23.7 Å². The molecule has 7 nitrogen and oxygen atoms in total. The van der Waals surface area contributed by atoms with Gasteiger partial charge in [0.2, 0.25) is 5.95 Å². The molecular weight excluding hydrogens is 445 g/mol. The molecule has 1 aliphatic heterocycles. The van der Waals surface area contributed by atoms with Gasteiger partial charge in [0, 0.05) is 25.0 Å². The van der Waals surface area contributed by atoms with Crippen molar-refractivity contribution in [1.82, 2.24) is 19.9 Å². The Kier molecular flexibility index (Phi) is 5.52. The van der Waals surface area contributed by atoms with Crippen LogP contribution in [0.25, 0.3) is 11.0 Å². The highest BCUT2D eigenvalue weighted by Gasteiger charge is 2.30. The van der Waals surface area contributed by atoms with Crippen LogP contribution in [0.5, 0.6) is 5.75 Å². The molecular formula is C24H23F3N6O. The third kappa shape index (κ3) is 4.36. The molecule has 0 fully saturated rings. The molecule has 10 heteroatoms. The van der Waals surface area contributed by atoms with Crippen LogP contribution < -0.4 is 15.4 Å². The molecule has 0 saturated heterocycles. The van der Waals surface area contributed by atoms with Crippen LogP contribution in [0.1, 0.15) is 16.7 Å². The molecule has 4 aromatic rings. The van der Waals surface area contributed by atoms with Crippen LogP contribution in [0.15, 0.2) is 48.7 Å². The zero-order valence-corrected chi connectivity index (χ0v) is 18.6. The Balaban J connectivity index is 1.50. The summed E-state index contributed by atoms with van der Waals surface area (Å²) in [6.07, 6.45) is -1.79. The Hall–Kier alpha value is -3.79. The predicted molar refractivity (Wildman–Crippen MR) is 125 cm³/mol. The van der Waals surface area contributed by atoms with E-state index in [-0.39, 0.29) is 11.6 Å².